The van der Waals surface area contributed by atoms with Crippen LogP contribution in [0.25, 0.3) is 0 Å². The summed E-state index contributed by atoms with van der Waals surface area (Å²) < 4.78 is 4.60. The van der Waals surface area contributed by atoms with Crippen LogP contribution in [0.15, 0.2) is 0 Å². The summed E-state index contributed by atoms with van der Waals surface area (Å²) in [5.41, 5.74) is 0. The maximum atomic E-state index is 10.6. The molecule has 1 atom stereocenters. The van der Waals surface area contributed by atoms with Gasteiger partial charge in [-0.1, -0.05) is 0 Å². The highest BCUT2D eigenvalue weighted by Gasteiger charge is 2.31. The number of carbonyl (C=O) groups is 1. The fourth-order valence-corrected chi connectivity index (χ4v) is 0.800. The number of rotatable bonds is 0. The maximum absolute atomic E-state index is 10.6. The van der Waals surface area contributed by atoms with Crippen LogP contribution in [-0.4, -0.2) is 29.1 Å². The van der Waals surface area contributed by atoms with E-state index in [1.807, 2.05) is 0 Å². The molecule has 1 rings (SSSR count). The van der Waals surface area contributed by atoms with E-state index in [2.05, 4.69) is 17.0 Å². The van der Waals surface area contributed by atoms with Gasteiger partial charge in [0.05, 0.1) is 0 Å². The number of esters is 1. The van der Waals surface area contributed by atoms with Gasteiger partial charge in [-0.3, -0.25) is 0 Å². The molecule has 0 spiro atoms. The van der Waals surface area contributed by atoms with Gasteiger partial charge < -0.3 is 9.64 Å². The second-order valence-electron chi connectivity index (χ2n) is 1.97. The van der Waals surface area contributed by atoms with E-state index in [0.717, 1.165) is 0 Å². The quantitative estimate of drug-likeness (QED) is 0.358. The van der Waals surface area contributed by atoms with Gasteiger partial charge in [-0.25, -0.2) is 4.79 Å². The van der Waals surface area contributed by atoms with Gasteiger partial charge in [-0.15, -0.1) is 0 Å². The zero-order chi connectivity index (χ0) is 7.02. The van der Waals surface area contributed by atoms with Crippen molar-refractivity contribution < 1.29 is 9.53 Å². The molecule has 0 aromatic heterocycles. The van der Waals surface area contributed by atoms with Crippen molar-refractivity contribution in [3.05, 3.63) is 0 Å². The Bertz CT molecular complexity index is 150. The summed E-state index contributed by atoms with van der Waals surface area (Å²) in [4.78, 5) is 12.3. The number of hydrogen-bond donors (Lipinski definition) is 0. The summed E-state index contributed by atoms with van der Waals surface area (Å²) in [6.07, 6.45) is 0. The molecule has 50 valence electrons. The lowest BCUT2D eigenvalue weighted by Gasteiger charge is -2.08. The van der Waals surface area contributed by atoms with Crippen LogP contribution in [0.5, 0.6) is 0 Å². The largest absolute Gasteiger partial charge is 0.397 e. The van der Waals surface area contributed by atoms with E-state index < -0.39 is 0 Å². The van der Waals surface area contributed by atoms with Gasteiger partial charge in [-0.05, 0) is 19.1 Å². The summed E-state index contributed by atoms with van der Waals surface area (Å²) in [6.45, 7) is 1.75. The first kappa shape index (κ1) is 6.48. The van der Waals surface area contributed by atoms with Crippen molar-refractivity contribution in [2.45, 2.75) is 13.0 Å². The van der Waals surface area contributed by atoms with E-state index in [4.69, 9.17) is 0 Å². The Labute approximate surface area is 58.6 Å². The first-order valence-corrected chi connectivity index (χ1v) is 3.02. The first-order chi connectivity index (χ1) is 4.13. The molecular formula is C5H7NO2S. The summed E-state index contributed by atoms with van der Waals surface area (Å²) in [7, 11) is 1.73. The van der Waals surface area contributed by atoms with E-state index in [1.165, 1.54) is 0 Å². The zero-order valence-corrected chi connectivity index (χ0v) is 6.07. The van der Waals surface area contributed by atoms with Crippen molar-refractivity contribution in [3.63, 3.8) is 0 Å². The smallest absolute Gasteiger partial charge is 0.335 e. The highest BCUT2D eigenvalue weighted by atomic mass is 32.1. The summed E-state index contributed by atoms with van der Waals surface area (Å²) >= 11 is 4.68. The number of ether oxygens (including phenoxy) is 1. The van der Waals surface area contributed by atoms with Gasteiger partial charge in [0.25, 0.3) is 5.17 Å². The van der Waals surface area contributed by atoms with Crippen LogP contribution in [0, 0.1) is 0 Å². The van der Waals surface area contributed by atoms with Crippen LogP contribution in [0.2, 0.25) is 0 Å². The Kier molecular flexibility index (Phi) is 1.40. The average Bonchev–Trinajstić information content (AvgIpc) is 1.98. The van der Waals surface area contributed by atoms with Crippen LogP contribution < -0.4 is 0 Å². The molecule has 1 heterocycles. The molecule has 1 saturated heterocycles. The molecule has 1 aliphatic rings. The molecule has 0 bridgehead atoms. The van der Waals surface area contributed by atoms with Crippen LogP contribution in [0.1, 0.15) is 6.92 Å². The minimum Gasteiger partial charge on any atom is -0.397 e. The molecule has 0 saturated carbocycles. The van der Waals surface area contributed by atoms with Crippen molar-refractivity contribution in [3.8, 4) is 0 Å². The summed E-state index contributed by atoms with van der Waals surface area (Å²) in [6, 6.07) is -0.211. The topological polar surface area (TPSA) is 29.5 Å². The fraction of sp³-hybridized carbons (Fsp3) is 0.600. The van der Waals surface area contributed by atoms with E-state index in [9.17, 15) is 4.79 Å². The van der Waals surface area contributed by atoms with Crippen molar-refractivity contribution in [2.75, 3.05) is 7.05 Å². The third-order valence-corrected chi connectivity index (χ3v) is 1.77. The van der Waals surface area contributed by atoms with E-state index in [-0.39, 0.29) is 17.2 Å². The number of thiocarbonyl (C=S) groups is 1. The van der Waals surface area contributed by atoms with Crippen molar-refractivity contribution in [2.24, 2.45) is 0 Å². The highest BCUT2D eigenvalue weighted by Crippen LogP contribution is 2.09. The molecule has 1 fully saturated rings. The third-order valence-electron chi connectivity index (χ3n) is 1.40. The molecule has 0 aromatic rings. The van der Waals surface area contributed by atoms with Gasteiger partial charge in [0.2, 0.25) is 0 Å². The summed E-state index contributed by atoms with van der Waals surface area (Å²) in [5, 5.41) is 0.271. The van der Waals surface area contributed by atoms with Crippen LogP contribution in [-0.2, 0) is 9.53 Å². The number of cyclic esters (lactones) is 1. The molecule has 3 nitrogen and oxygen atoms in total. The molecule has 0 N–H and O–H groups in total. The lowest BCUT2D eigenvalue weighted by molar-refractivity contribution is -0.134. The predicted octanol–water partition coefficient (Wildman–Crippen LogP) is 0.148. The van der Waals surface area contributed by atoms with Crippen molar-refractivity contribution in [1.29, 1.82) is 0 Å². The predicted molar refractivity (Wildman–Crippen MR) is 35.9 cm³/mol. The molecule has 0 aliphatic carbocycles. The molecule has 4 heteroatoms. The number of nitrogens with zero attached hydrogens (tertiary/aromatic N) is 1. The standard InChI is InChI=1S/C5H7NO2S/c1-3-4(7)8-5(9)6(3)2/h3H,1-2H3/t3-/m0/s1. The SMILES string of the molecule is C[C@H]1C(=O)OC(=S)N1C. The third kappa shape index (κ3) is 0.896. The summed E-state index contributed by atoms with van der Waals surface area (Å²) in [5.74, 6) is -0.262. The lowest BCUT2D eigenvalue weighted by atomic mass is 10.3. The minimum absolute atomic E-state index is 0.211. The second kappa shape index (κ2) is 1.95. The second-order valence-corrected chi connectivity index (χ2v) is 2.32. The first-order valence-electron chi connectivity index (χ1n) is 2.61. The van der Waals surface area contributed by atoms with Crippen LogP contribution >= 0.6 is 12.2 Å². The minimum atomic E-state index is -0.262. The average molecular weight is 145 g/mol. The normalized spacial score (nSPS) is 26.9. The highest BCUT2D eigenvalue weighted by molar-refractivity contribution is 7.80. The van der Waals surface area contributed by atoms with Gasteiger partial charge >= 0.3 is 5.97 Å². The molecule has 0 aromatic carbocycles. The molecule has 1 aliphatic heterocycles. The maximum Gasteiger partial charge on any atom is 0.335 e. The zero-order valence-electron chi connectivity index (χ0n) is 5.25. The number of hydrogen-bond acceptors (Lipinski definition) is 3. The van der Waals surface area contributed by atoms with Gasteiger partial charge in [-0.2, -0.15) is 0 Å². The van der Waals surface area contributed by atoms with Gasteiger partial charge in [0.1, 0.15) is 6.04 Å². The monoisotopic (exact) mass is 145 g/mol. The van der Waals surface area contributed by atoms with E-state index in [1.54, 1.807) is 18.9 Å². The van der Waals surface area contributed by atoms with E-state index in [0.29, 0.717) is 0 Å². The van der Waals surface area contributed by atoms with Crippen LogP contribution in [0.3, 0.4) is 0 Å². The van der Waals surface area contributed by atoms with Gasteiger partial charge in [0, 0.05) is 7.05 Å². The molecule has 0 unspecified atom stereocenters. The van der Waals surface area contributed by atoms with E-state index >= 15 is 0 Å². The van der Waals surface area contributed by atoms with Gasteiger partial charge in [0.15, 0.2) is 0 Å². The fourth-order valence-electron chi connectivity index (χ4n) is 0.560. The molecule has 0 radical (unpaired) electrons. The Morgan fingerprint density at radius 1 is 1.78 bits per heavy atom. The van der Waals surface area contributed by atoms with Crippen LogP contribution in [0.4, 0.5) is 0 Å². The number of carbonyl (C=O) groups excluding carboxylic acids is 1. The lowest BCUT2D eigenvalue weighted by Crippen LogP contribution is -2.27. The Morgan fingerprint density at radius 2 is 2.33 bits per heavy atom. The molecule has 0 amide bonds. The molecule has 9 heavy (non-hydrogen) atoms. The van der Waals surface area contributed by atoms with Crippen molar-refractivity contribution in [1.82, 2.24) is 4.90 Å². The Hall–Kier alpha value is -0.640. The Balaban J connectivity index is 2.77. The number of likely N-dealkylation sites (N-methyl/N-ethyl adjacent to an activating group) is 1. The molecular weight excluding hydrogens is 138 g/mol. The Morgan fingerprint density at radius 3 is 2.44 bits per heavy atom. The van der Waals surface area contributed by atoms with Crippen molar-refractivity contribution >= 4 is 23.4 Å².